The number of pyridine rings is 1. The van der Waals surface area contributed by atoms with Crippen molar-refractivity contribution in [2.24, 2.45) is 0 Å². The van der Waals surface area contributed by atoms with Gasteiger partial charge in [-0.2, -0.15) is 0 Å². The van der Waals surface area contributed by atoms with E-state index in [1.165, 1.54) is 5.56 Å². The van der Waals surface area contributed by atoms with Gasteiger partial charge in [0.05, 0.1) is 11.4 Å². The first-order valence-corrected chi connectivity index (χ1v) is 11.6. The molecule has 2 aromatic carbocycles. The van der Waals surface area contributed by atoms with Crippen LogP contribution in [0.15, 0.2) is 73.1 Å². The van der Waals surface area contributed by atoms with Crippen LogP contribution < -0.4 is 19.7 Å². The molecule has 0 spiro atoms. The van der Waals surface area contributed by atoms with Gasteiger partial charge in [0.25, 0.3) is 0 Å². The van der Waals surface area contributed by atoms with E-state index in [4.69, 9.17) is 9.47 Å². The molecule has 1 saturated heterocycles. The Morgan fingerprint density at radius 2 is 1.76 bits per heavy atom. The van der Waals surface area contributed by atoms with E-state index in [-0.39, 0.29) is 12.7 Å². The topological polar surface area (TPSA) is 66.9 Å². The van der Waals surface area contributed by atoms with Crippen LogP contribution >= 0.6 is 0 Å². The molecule has 0 radical (unpaired) electrons. The van der Waals surface area contributed by atoms with E-state index in [2.05, 4.69) is 38.3 Å². The van der Waals surface area contributed by atoms with Crippen LogP contribution in [0.25, 0.3) is 6.08 Å². The van der Waals surface area contributed by atoms with Gasteiger partial charge in [0.1, 0.15) is 0 Å². The van der Waals surface area contributed by atoms with E-state index in [0.29, 0.717) is 5.75 Å². The van der Waals surface area contributed by atoms with E-state index in [0.717, 1.165) is 61.8 Å². The second-order valence-corrected chi connectivity index (χ2v) is 8.39. The summed E-state index contributed by atoms with van der Waals surface area (Å²) in [6.07, 6.45) is 8.06. The van der Waals surface area contributed by atoms with Gasteiger partial charge in [0.2, 0.25) is 12.7 Å². The highest BCUT2D eigenvalue weighted by Crippen LogP contribution is 2.33. The highest BCUT2D eigenvalue weighted by Gasteiger charge is 2.19. The Labute approximate surface area is 199 Å². The molecule has 0 aliphatic carbocycles. The number of piperazine rings is 1. The number of ether oxygens (including phenoxy) is 2. The van der Waals surface area contributed by atoms with Crippen molar-refractivity contribution in [3.8, 4) is 11.5 Å². The third kappa shape index (κ3) is 5.38. The van der Waals surface area contributed by atoms with Crippen LogP contribution in [0.4, 0.5) is 11.4 Å². The first-order valence-electron chi connectivity index (χ1n) is 11.6. The minimum Gasteiger partial charge on any atom is -0.454 e. The van der Waals surface area contributed by atoms with Gasteiger partial charge < -0.3 is 19.7 Å². The second-order valence-electron chi connectivity index (χ2n) is 8.39. The SMILES string of the molecule is O=C(/C=C/c1ccc2c(c1)OCO2)Nc1ccccc1N1CCN(CCc2ccncc2)CC1. The number of amides is 1. The number of nitrogens with one attached hydrogen (secondary N) is 1. The summed E-state index contributed by atoms with van der Waals surface area (Å²) >= 11 is 0. The maximum Gasteiger partial charge on any atom is 0.248 e. The Morgan fingerprint density at radius 3 is 2.62 bits per heavy atom. The van der Waals surface area contributed by atoms with Crippen molar-refractivity contribution in [1.29, 1.82) is 0 Å². The Morgan fingerprint density at radius 1 is 0.971 bits per heavy atom. The molecule has 1 amide bonds. The standard InChI is InChI=1S/C27H28N4O3/c32-27(8-6-22-5-7-25-26(19-22)34-20-33-25)29-23-3-1-2-4-24(23)31-17-15-30(16-18-31)14-11-21-9-12-28-13-10-21/h1-10,12-13,19H,11,14-18,20H2,(H,29,32)/b8-6+. The maximum absolute atomic E-state index is 12.6. The van der Waals surface area contributed by atoms with E-state index in [1.807, 2.05) is 48.8 Å². The van der Waals surface area contributed by atoms with E-state index in [1.54, 1.807) is 12.2 Å². The summed E-state index contributed by atoms with van der Waals surface area (Å²) in [5.41, 5.74) is 4.09. The summed E-state index contributed by atoms with van der Waals surface area (Å²) in [5.74, 6) is 1.27. The van der Waals surface area contributed by atoms with Gasteiger partial charge in [0.15, 0.2) is 11.5 Å². The number of hydrogen-bond donors (Lipinski definition) is 1. The fourth-order valence-electron chi connectivity index (χ4n) is 4.27. The van der Waals surface area contributed by atoms with Crippen LogP contribution in [-0.2, 0) is 11.2 Å². The lowest BCUT2D eigenvalue weighted by atomic mass is 10.1. The van der Waals surface area contributed by atoms with Crippen molar-refractivity contribution in [2.45, 2.75) is 6.42 Å². The summed E-state index contributed by atoms with van der Waals surface area (Å²) in [6, 6.07) is 17.8. The van der Waals surface area contributed by atoms with Gasteiger partial charge in [-0.25, -0.2) is 0 Å². The quantitative estimate of drug-likeness (QED) is 0.545. The zero-order valence-electron chi connectivity index (χ0n) is 19.0. The van der Waals surface area contributed by atoms with Crippen LogP contribution in [0.3, 0.4) is 0 Å². The van der Waals surface area contributed by atoms with E-state index < -0.39 is 0 Å². The van der Waals surface area contributed by atoms with Crippen LogP contribution in [0.2, 0.25) is 0 Å². The lowest BCUT2D eigenvalue weighted by Crippen LogP contribution is -2.47. The first kappa shape index (κ1) is 22.0. The lowest BCUT2D eigenvalue weighted by molar-refractivity contribution is -0.111. The number of para-hydroxylation sites is 2. The Bertz CT molecular complexity index is 1160. The molecule has 7 heteroatoms. The number of benzene rings is 2. The summed E-state index contributed by atoms with van der Waals surface area (Å²) in [4.78, 5) is 21.6. The Kier molecular flexibility index (Phi) is 6.72. The second kappa shape index (κ2) is 10.4. The normalized spacial score (nSPS) is 15.6. The smallest absolute Gasteiger partial charge is 0.248 e. The summed E-state index contributed by atoms with van der Waals surface area (Å²) in [6.45, 7) is 5.13. The molecule has 174 valence electrons. The fraction of sp³-hybridized carbons (Fsp3) is 0.259. The van der Waals surface area contributed by atoms with Gasteiger partial charge in [-0.3, -0.25) is 14.7 Å². The highest BCUT2D eigenvalue weighted by molar-refractivity contribution is 6.03. The van der Waals surface area contributed by atoms with Crippen molar-refractivity contribution < 1.29 is 14.3 Å². The molecule has 34 heavy (non-hydrogen) atoms. The molecule has 3 aromatic rings. The molecule has 1 N–H and O–H groups in total. The molecule has 2 aliphatic heterocycles. The number of carbonyl (C=O) groups is 1. The van der Waals surface area contributed by atoms with Crippen molar-refractivity contribution in [3.63, 3.8) is 0 Å². The average molecular weight is 457 g/mol. The van der Waals surface area contributed by atoms with Crippen LogP contribution in [0.1, 0.15) is 11.1 Å². The number of nitrogens with zero attached hydrogens (tertiary/aromatic N) is 3. The Balaban J connectivity index is 1.16. The van der Waals surface area contributed by atoms with Crippen molar-refractivity contribution in [1.82, 2.24) is 9.88 Å². The minimum atomic E-state index is -0.166. The summed E-state index contributed by atoms with van der Waals surface area (Å²) in [7, 11) is 0. The summed E-state index contributed by atoms with van der Waals surface area (Å²) < 4.78 is 10.7. The number of fused-ring (bicyclic) bond motifs is 1. The average Bonchev–Trinajstić information content (AvgIpc) is 3.36. The first-order chi connectivity index (χ1) is 16.7. The number of hydrogen-bond acceptors (Lipinski definition) is 6. The van der Waals surface area contributed by atoms with Gasteiger partial charge in [-0.15, -0.1) is 0 Å². The lowest BCUT2D eigenvalue weighted by Gasteiger charge is -2.37. The number of aromatic nitrogens is 1. The number of carbonyl (C=O) groups excluding carboxylic acids is 1. The molecule has 7 nitrogen and oxygen atoms in total. The molecule has 3 heterocycles. The van der Waals surface area contributed by atoms with E-state index >= 15 is 0 Å². The molecule has 5 rings (SSSR count). The van der Waals surface area contributed by atoms with Gasteiger partial charge in [-0.05, 0) is 60.0 Å². The third-order valence-corrected chi connectivity index (χ3v) is 6.16. The van der Waals surface area contributed by atoms with Crippen molar-refractivity contribution in [3.05, 3.63) is 84.2 Å². The van der Waals surface area contributed by atoms with Gasteiger partial charge in [0, 0.05) is 51.2 Å². The molecule has 0 saturated carbocycles. The van der Waals surface area contributed by atoms with Gasteiger partial charge >= 0.3 is 0 Å². The number of rotatable bonds is 7. The molecular formula is C27H28N4O3. The number of anilines is 2. The minimum absolute atomic E-state index is 0.166. The molecule has 2 aliphatic rings. The molecule has 0 unspecified atom stereocenters. The van der Waals surface area contributed by atoms with Crippen LogP contribution in [-0.4, -0.2) is 55.3 Å². The molecule has 0 atom stereocenters. The third-order valence-electron chi connectivity index (χ3n) is 6.16. The van der Waals surface area contributed by atoms with Gasteiger partial charge in [-0.1, -0.05) is 18.2 Å². The zero-order chi connectivity index (χ0) is 23.2. The zero-order valence-corrected chi connectivity index (χ0v) is 19.0. The monoisotopic (exact) mass is 456 g/mol. The predicted molar refractivity (Wildman–Crippen MR) is 133 cm³/mol. The summed E-state index contributed by atoms with van der Waals surface area (Å²) in [5, 5.41) is 3.05. The van der Waals surface area contributed by atoms with Crippen molar-refractivity contribution in [2.75, 3.05) is 49.7 Å². The molecule has 1 aromatic heterocycles. The van der Waals surface area contributed by atoms with Crippen molar-refractivity contribution >= 4 is 23.4 Å². The van der Waals surface area contributed by atoms with Crippen LogP contribution in [0, 0.1) is 0 Å². The molecule has 1 fully saturated rings. The van der Waals surface area contributed by atoms with E-state index in [9.17, 15) is 4.79 Å². The molecule has 0 bridgehead atoms. The molecular weight excluding hydrogens is 428 g/mol. The predicted octanol–water partition coefficient (Wildman–Crippen LogP) is 3.83. The van der Waals surface area contributed by atoms with Crippen LogP contribution in [0.5, 0.6) is 11.5 Å². The fourth-order valence-corrected chi connectivity index (χ4v) is 4.27. The maximum atomic E-state index is 12.6. The highest BCUT2D eigenvalue weighted by atomic mass is 16.7. The Hall–Kier alpha value is -3.84. The largest absolute Gasteiger partial charge is 0.454 e.